The van der Waals surface area contributed by atoms with Crippen LogP contribution in [0.15, 0.2) is 18.2 Å². The van der Waals surface area contributed by atoms with Gasteiger partial charge >= 0.3 is 6.01 Å². The van der Waals surface area contributed by atoms with Gasteiger partial charge in [-0.3, -0.25) is 0 Å². The van der Waals surface area contributed by atoms with Crippen LogP contribution in [0.3, 0.4) is 0 Å². The van der Waals surface area contributed by atoms with Crippen LogP contribution in [0.5, 0.6) is 6.01 Å². The summed E-state index contributed by atoms with van der Waals surface area (Å²) in [5.41, 5.74) is 4.31. The molecule has 4 rings (SSSR count). The average molecular weight is 411 g/mol. The van der Waals surface area contributed by atoms with Gasteiger partial charge in [-0.1, -0.05) is 0 Å². The highest BCUT2D eigenvalue weighted by molar-refractivity contribution is 5.88. The first-order valence-electron chi connectivity index (χ1n) is 10.6. The van der Waals surface area contributed by atoms with Crippen LogP contribution >= 0.6 is 0 Å². The molecule has 1 aromatic heterocycles. The van der Waals surface area contributed by atoms with Crippen LogP contribution in [0.25, 0.3) is 0 Å². The Bertz CT molecular complexity index is 891. The second-order valence-electron chi connectivity index (χ2n) is 7.79. The number of nitrogens with zero attached hydrogens (tertiary/aromatic N) is 3. The minimum absolute atomic E-state index is 0.323. The topological polar surface area (TPSA) is 95.4 Å². The third-order valence-electron chi connectivity index (χ3n) is 5.85. The number of hydrogen-bond acceptors (Lipinski definition) is 8. The zero-order valence-electron chi connectivity index (χ0n) is 17.7. The third kappa shape index (κ3) is 4.55. The molecule has 0 aliphatic carbocycles. The van der Waals surface area contributed by atoms with E-state index in [1.165, 1.54) is 17.3 Å². The molecular formula is C22H30N6O2. The van der Waals surface area contributed by atoms with Crippen LogP contribution in [0.4, 0.5) is 17.3 Å². The molecule has 160 valence electrons. The first kappa shape index (κ1) is 20.6. The predicted octanol–water partition coefficient (Wildman–Crippen LogP) is 2.84. The summed E-state index contributed by atoms with van der Waals surface area (Å²) < 4.78 is 10.8. The van der Waals surface area contributed by atoms with Gasteiger partial charge in [-0.15, -0.1) is 0 Å². The minimum atomic E-state index is 0.323. The summed E-state index contributed by atoms with van der Waals surface area (Å²) in [7, 11) is 1.58. The Morgan fingerprint density at radius 1 is 1.20 bits per heavy atom. The lowest BCUT2D eigenvalue weighted by molar-refractivity contribution is 0.122. The number of rotatable bonds is 6. The predicted molar refractivity (Wildman–Crippen MR) is 119 cm³/mol. The Balaban J connectivity index is 1.66. The average Bonchev–Trinajstić information content (AvgIpc) is 2.80. The maximum Gasteiger partial charge on any atom is 0.320 e. The van der Waals surface area contributed by atoms with E-state index in [4.69, 9.17) is 14.9 Å². The number of anilines is 3. The molecule has 8 heteroatoms. The molecule has 3 heterocycles. The highest BCUT2D eigenvalue weighted by atomic mass is 16.5. The second kappa shape index (κ2) is 9.40. The molecule has 2 aliphatic heterocycles. The van der Waals surface area contributed by atoms with Crippen molar-refractivity contribution in [1.82, 2.24) is 15.3 Å². The zero-order valence-corrected chi connectivity index (χ0v) is 17.7. The number of benzene rings is 1. The van der Waals surface area contributed by atoms with Crippen LogP contribution in [-0.2, 0) is 4.74 Å². The molecule has 2 saturated heterocycles. The van der Waals surface area contributed by atoms with Gasteiger partial charge < -0.3 is 30.4 Å². The molecule has 0 amide bonds. The summed E-state index contributed by atoms with van der Waals surface area (Å²) in [5.74, 6) is 2.01. The third-order valence-corrected chi connectivity index (χ3v) is 5.85. The van der Waals surface area contributed by atoms with Crippen LogP contribution in [0.1, 0.15) is 35.4 Å². The van der Waals surface area contributed by atoms with Gasteiger partial charge in [-0.05, 0) is 62.0 Å². The summed E-state index contributed by atoms with van der Waals surface area (Å²) in [6, 6.07) is 6.54. The van der Waals surface area contributed by atoms with Gasteiger partial charge in [0.2, 0.25) is 0 Å². The molecular weight excluding hydrogens is 380 g/mol. The summed E-state index contributed by atoms with van der Waals surface area (Å²) in [6.45, 7) is 7.18. The van der Waals surface area contributed by atoms with Crippen molar-refractivity contribution < 1.29 is 9.47 Å². The Hall–Kier alpha value is -2.71. The number of aryl methyl sites for hydroxylation is 1. The summed E-state index contributed by atoms with van der Waals surface area (Å²) in [6.07, 6.45) is 3.66. The van der Waals surface area contributed by atoms with Crippen molar-refractivity contribution in [3.8, 4) is 6.01 Å². The Labute approximate surface area is 177 Å². The van der Waals surface area contributed by atoms with Crippen molar-refractivity contribution in [2.75, 3.05) is 56.7 Å². The quantitative estimate of drug-likeness (QED) is 0.630. The van der Waals surface area contributed by atoms with Crippen LogP contribution in [0, 0.1) is 12.3 Å². The standard InChI is InChI=1S/C22H30N6O2/c1-15-11-17(14-23)19(12-18(15)16-3-5-24-6-4-16)25-20-13-21(27-22(26-20)29-2)28-7-9-30-10-8-28/h11-14,16,23-24H,3-10H2,1-2H3,(H,25,26,27). The highest BCUT2D eigenvalue weighted by Gasteiger charge is 2.20. The van der Waals surface area contributed by atoms with Gasteiger partial charge in [0.05, 0.1) is 20.3 Å². The Morgan fingerprint density at radius 2 is 1.97 bits per heavy atom. The van der Waals surface area contributed by atoms with E-state index < -0.39 is 0 Å². The smallest absolute Gasteiger partial charge is 0.320 e. The fraction of sp³-hybridized carbons (Fsp3) is 0.500. The molecule has 1 aromatic carbocycles. The van der Waals surface area contributed by atoms with Crippen molar-refractivity contribution >= 4 is 23.5 Å². The molecule has 0 spiro atoms. The number of hydrogen-bond donors (Lipinski definition) is 3. The fourth-order valence-electron chi connectivity index (χ4n) is 4.21. The normalized spacial score (nSPS) is 17.6. The van der Waals surface area contributed by atoms with Gasteiger partial charge in [-0.2, -0.15) is 9.97 Å². The van der Waals surface area contributed by atoms with E-state index in [1.807, 2.05) is 6.07 Å². The second-order valence-corrected chi connectivity index (χ2v) is 7.79. The number of methoxy groups -OCH3 is 1. The molecule has 2 aliphatic rings. The van der Waals surface area contributed by atoms with Gasteiger partial charge in [0.15, 0.2) is 0 Å². The van der Waals surface area contributed by atoms with E-state index >= 15 is 0 Å². The number of ether oxygens (including phenoxy) is 2. The monoisotopic (exact) mass is 410 g/mol. The lowest BCUT2D eigenvalue weighted by atomic mass is 9.86. The SMILES string of the molecule is COc1nc(Nc2cc(C3CCNCC3)c(C)cc2C=N)cc(N2CCOCC2)n1. The Morgan fingerprint density at radius 3 is 2.67 bits per heavy atom. The van der Waals surface area contributed by atoms with Crippen LogP contribution in [-0.4, -0.2) is 62.7 Å². The molecule has 2 aromatic rings. The lowest BCUT2D eigenvalue weighted by Gasteiger charge is -2.28. The number of piperidine rings is 1. The number of aromatic nitrogens is 2. The first-order valence-corrected chi connectivity index (χ1v) is 10.6. The lowest BCUT2D eigenvalue weighted by Crippen LogP contribution is -2.36. The van der Waals surface area contributed by atoms with Gasteiger partial charge in [0, 0.05) is 36.6 Å². The fourth-order valence-corrected chi connectivity index (χ4v) is 4.21. The van der Waals surface area contributed by atoms with Crippen LogP contribution < -0.4 is 20.3 Å². The molecule has 0 radical (unpaired) electrons. The summed E-state index contributed by atoms with van der Waals surface area (Å²) in [5, 5.41) is 14.8. The molecule has 30 heavy (non-hydrogen) atoms. The minimum Gasteiger partial charge on any atom is -0.467 e. The van der Waals surface area contributed by atoms with E-state index in [1.54, 1.807) is 7.11 Å². The van der Waals surface area contributed by atoms with Crippen molar-refractivity contribution in [3.63, 3.8) is 0 Å². The number of morpholine rings is 1. The molecule has 2 fully saturated rings. The zero-order chi connectivity index (χ0) is 20.9. The van der Waals surface area contributed by atoms with Crippen LogP contribution in [0.2, 0.25) is 0 Å². The summed E-state index contributed by atoms with van der Waals surface area (Å²) >= 11 is 0. The van der Waals surface area contributed by atoms with Crippen molar-refractivity contribution in [2.45, 2.75) is 25.7 Å². The van der Waals surface area contributed by atoms with Gasteiger partial charge in [0.1, 0.15) is 11.6 Å². The maximum absolute atomic E-state index is 7.89. The summed E-state index contributed by atoms with van der Waals surface area (Å²) in [4.78, 5) is 11.2. The van der Waals surface area contributed by atoms with E-state index in [-0.39, 0.29) is 0 Å². The van der Waals surface area contributed by atoms with E-state index in [0.29, 0.717) is 31.0 Å². The molecule has 0 bridgehead atoms. The van der Waals surface area contributed by atoms with Crippen molar-refractivity contribution in [1.29, 1.82) is 5.41 Å². The first-order chi connectivity index (χ1) is 14.7. The molecule has 3 N–H and O–H groups in total. The highest BCUT2D eigenvalue weighted by Crippen LogP contribution is 2.33. The Kier molecular flexibility index (Phi) is 6.44. The molecule has 0 unspecified atom stereocenters. The largest absolute Gasteiger partial charge is 0.467 e. The van der Waals surface area contributed by atoms with Gasteiger partial charge in [0.25, 0.3) is 0 Å². The van der Waals surface area contributed by atoms with Gasteiger partial charge in [-0.25, -0.2) is 0 Å². The molecule has 8 nitrogen and oxygen atoms in total. The van der Waals surface area contributed by atoms with Crippen molar-refractivity contribution in [2.24, 2.45) is 0 Å². The maximum atomic E-state index is 7.89. The van der Waals surface area contributed by atoms with E-state index in [2.05, 4.69) is 44.6 Å². The molecule has 0 saturated carbocycles. The van der Waals surface area contributed by atoms with Crippen molar-refractivity contribution in [3.05, 3.63) is 34.9 Å². The van der Waals surface area contributed by atoms with E-state index in [9.17, 15) is 0 Å². The van der Waals surface area contributed by atoms with E-state index in [0.717, 1.165) is 56.1 Å². The number of nitrogens with one attached hydrogen (secondary N) is 3. The molecule has 0 atom stereocenters.